The lowest BCUT2D eigenvalue weighted by Gasteiger charge is -2.13. The normalized spacial score (nSPS) is 11.5. The van der Waals surface area contributed by atoms with Gasteiger partial charge in [-0.05, 0) is 43.2 Å². The minimum Gasteiger partial charge on any atom is -0.350 e. The summed E-state index contributed by atoms with van der Waals surface area (Å²) in [4.78, 5) is 25.6. The van der Waals surface area contributed by atoms with Gasteiger partial charge in [-0.2, -0.15) is 0 Å². The number of para-hydroxylation sites is 1. The van der Waals surface area contributed by atoms with Crippen molar-refractivity contribution in [2.75, 3.05) is 0 Å². The van der Waals surface area contributed by atoms with Gasteiger partial charge in [0.25, 0.3) is 5.56 Å². The van der Waals surface area contributed by atoms with Crippen LogP contribution in [-0.4, -0.2) is 13.7 Å². The first kappa shape index (κ1) is 16.4. The Balaban J connectivity index is 2.03. The topological polar surface area (TPSA) is 48.9 Å². The van der Waals surface area contributed by atoms with E-state index in [1.807, 2.05) is 38.2 Å². The van der Waals surface area contributed by atoms with Crippen molar-refractivity contribution < 1.29 is 0 Å². The average molecular weight is 347 g/mol. The Kier molecular flexibility index (Phi) is 3.80. The van der Waals surface area contributed by atoms with Crippen LogP contribution in [0.1, 0.15) is 18.1 Å². The molecule has 5 heteroatoms. The monoisotopic (exact) mass is 347 g/mol. The van der Waals surface area contributed by atoms with E-state index in [1.54, 1.807) is 10.6 Å². The third kappa shape index (κ3) is 2.31. The average Bonchev–Trinajstić information content (AvgIpc) is 2.96. The largest absolute Gasteiger partial charge is 0.350 e. The van der Waals surface area contributed by atoms with E-state index in [1.165, 1.54) is 15.5 Å². The number of aromatic nitrogens is 3. The number of aryl methyl sites for hydroxylation is 2. The van der Waals surface area contributed by atoms with Crippen molar-refractivity contribution in [2.45, 2.75) is 26.9 Å². The van der Waals surface area contributed by atoms with Gasteiger partial charge in [-0.25, -0.2) is 4.79 Å². The van der Waals surface area contributed by atoms with Gasteiger partial charge in [0.1, 0.15) is 0 Å². The molecule has 0 unspecified atom stereocenters. The van der Waals surface area contributed by atoms with Crippen molar-refractivity contribution in [3.05, 3.63) is 80.6 Å². The molecule has 4 aromatic rings. The fourth-order valence-electron chi connectivity index (χ4n) is 3.82. The summed E-state index contributed by atoms with van der Waals surface area (Å²) in [6, 6.07) is 13.5. The predicted molar refractivity (Wildman–Crippen MR) is 105 cm³/mol. The van der Waals surface area contributed by atoms with Crippen LogP contribution in [0.4, 0.5) is 0 Å². The summed E-state index contributed by atoms with van der Waals surface area (Å²) in [5.41, 5.74) is 3.59. The Morgan fingerprint density at radius 3 is 2.42 bits per heavy atom. The Bertz CT molecular complexity index is 1260. The predicted octanol–water partition coefficient (Wildman–Crippen LogP) is 3.03. The molecule has 0 aliphatic carbocycles. The zero-order valence-electron chi connectivity index (χ0n) is 15.2. The van der Waals surface area contributed by atoms with E-state index in [0.717, 1.165) is 11.1 Å². The van der Waals surface area contributed by atoms with Gasteiger partial charge in [-0.3, -0.25) is 13.9 Å². The molecule has 0 radical (unpaired) electrons. The van der Waals surface area contributed by atoms with Gasteiger partial charge in [0.05, 0.1) is 17.4 Å². The van der Waals surface area contributed by atoms with E-state index in [-0.39, 0.29) is 11.2 Å². The molecule has 0 aliphatic heterocycles. The van der Waals surface area contributed by atoms with Crippen LogP contribution in [0.15, 0.2) is 58.3 Å². The minimum absolute atomic E-state index is 0.224. The number of hydrogen-bond donors (Lipinski definition) is 0. The molecule has 0 saturated heterocycles. The summed E-state index contributed by atoms with van der Waals surface area (Å²) in [5, 5.41) is 1.74. The molecule has 0 saturated carbocycles. The highest BCUT2D eigenvalue weighted by molar-refractivity contribution is 5.87. The van der Waals surface area contributed by atoms with Crippen LogP contribution in [0, 0.1) is 6.92 Å². The molecule has 0 atom stereocenters. The van der Waals surface area contributed by atoms with Crippen LogP contribution in [0.2, 0.25) is 0 Å². The standard InChI is InChI=1S/C21H21N3O2/c1-4-23-20(25)16-9-5-6-10-17(16)24(21(23)26)13-15-12-22(3)18-11-7-8-14(2)19(15)18/h5-12H,4,13H2,1-3H3. The lowest BCUT2D eigenvalue weighted by molar-refractivity contribution is 0.619. The molecule has 2 aromatic carbocycles. The summed E-state index contributed by atoms with van der Waals surface area (Å²) in [6.07, 6.45) is 2.07. The van der Waals surface area contributed by atoms with Gasteiger partial charge < -0.3 is 4.57 Å². The second kappa shape index (κ2) is 6.02. The molecule has 2 heterocycles. The van der Waals surface area contributed by atoms with Crippen LogP contribution in [0.25, 0.3) is 21.8 Å². The van der Waals surface area contributed by atoms with Crippen molar-refractivity contribution in [3.8, 4) is 0 Å². The molecule has 0 aliphatic rings. The highest BCUT2D eigenvalue weighted by atomic mass is 16.2. The molecule has 2 aromatic heterocycles. The molecule has 132 valence electrons. The van der Waals surface area contributed by atoms with Crippen molar-refractivity contribution in [2.24, 2.45) is 7.05 Å². The molecule has 4 rings (SSSR count). The smallest absolute Gasteiger partial charge is 0.331 e. The zero-order valence-corrected chi connectivity index (χ0v) is 15.2. The summed E-state index contributed by atoms with van der Waals surface area (Å²) in [6.45, 7) is 4.70. The van der Waals surface area contributed by atoms with Crippen LogP contribution in [0.5, 0.6) is 0 Å². The summed E-state index contributed by atoms with van der Waals surface area (Å²) < 4.78 is 5.10. The van der Waals surface area contributed by atoms with Gasteiger partial charge in [-0.15, -0.1) is 0 Å². The molecular weight excluding hydrogens is 326 g/mol. The molecule has 0 amide bonds. The third-order valence-corrected chi connectivity index (χ3v) is 5.08. The Morgan fingerprint density at radius 1 is 0.923 bits per heavy atom. The minimum atomic E-state index is -0.262. The molecule has 0 spiro atoms. The fraction of sp³-hybridized carbons (Fsp3) is 0.238. The first-order valence-corrected chi connectivity index (χ1v) is 8.78. The van der Waals surface area contributed by atoms with Crippen molar-refractivity contribution in [1.29, 1.82) is 0 Å². The maximum absolute atomic E-state index is 13.0. The number of fused-ring (bicyclic) bond motifs is 2. The van der Waals surface area contributed by atoms with Gasteiger partial charge in [0.15, 0.2) is 0 Å². The Labute approximate surface area is 150 Å². The summed E-state index contributed by atoms with van der Waals surface area (Å²) >= 11 is 0. The fourth-order valence-corrected chi connectivity index (χ4v) is 3.82. The second-order valence-electron chi connectivity index (χ2n) is 6.67. The van der Waals surface area contributed by atoms with E-state index in [9.17, 15) is 9.59 Å². The Hall–Kier alpha value is -3.08. The molecule has 0 N–H and O–H groups in total. The number of hydrogen-bond acceptors (Lipinski definition) is 2. The first-order valence-electron chi connectivity index (χ1n) is 8.78. The second-order valence-corrected chi connectivity index (χ2v) is 6.67. The molecule has 26 heavy (non-hydrogen) atoms. The SMILES string of the molecule is CCn1c(=O)c2ccccc2n(Cc2cn(C)c3cccc(C)c23)c1=O. The van der Waals surface area contributed by atoms with Gasteiger partial charge in [-0.1, -0.05) is 24.3 Å². The molecule has 0 fully saturated rings. The highest BCUT2D eigenvalue weighted by Crippen LogP contribution is 2.25. The maximum atomic E-state index is 13.0. The van der Waals surface area contributed by atoms with Crippen LogP contribution in [-0.2, 0) is 20.1 Å². The molecule has 5 nitrogen and oxygen atoms in total. The van der Waals surface area contributed by atoms with Gasteiger partial charge in [0.2, 0.25) is 0 Å². The van der Waals surface area contributed by atoms with E-state index in [0.29, 0.717) is 24.0 Å². The van der Waals surface area contributed by atoms with Gasteiger partial charge >= 0.3 is 5.69 Å². The molecule has 0 bridgehead atoms. The third-order valence-electron chi connectivity index (χ3n) is 5.08. The van der Waals surface area contributed by atoms with Gasteiger partial charge in [0, 0.05) is 30.7 Å². The van der Waals surface area contributed by atoms with Crippen molar-refractivity contribution in [1.82, 2.24) is 13.7 Å². The number of rotatable bonds is 3. The quantitative estimate of drug-likeness (QED) is 0.572. The van der Waals surface area contributed by atoms with Crippen molar-refractivity contribution >= 4 is 21.8 Å². The van der Waals surface area contributed by atoms with E-state index < -0.39 is 0 Å². The van der Waals surface area contributed by atoms with Crippen molar-refractivity contribution in [3.63, 3.8) is 0 Å². The van der Waals surface area contributed by atoms with E-state index in [4.69, 9.17) is 0 Å². The van der Waals surface area contributed by atoms with Crippen LogP contribution in [0.3, 0.4) is 0 Å². The Morgan fingerprint density at radius 2 is 1.65 bits per heavy atom. The van der Waals surface area contributed by atoms with E-state index in [2.05, 4.69) is 29.8 Å². The molecular formula is C21H21N3O2. The summed E-state index contributed by atoms with van der Waals surface area (Å²) in [5.74, 6) is 0. The van der Waals surface area contributed by atoms with Crippen LogP contribution < -0.4 is 11.2 Å². The maximum Gasteiger partial charge on any atom is 0.331 e. The lowest BCUT2D eigenvalue weighted by atomic mass is 10.1. The first-order chi connectivity index (χ1) is 12.5. The zero-order chi connectivity index (χ0) is 18.4. The van der Waals surface area contributed by atoms with Crippen LogP contribution >= 0.6 is 0 Å². The lowest BCUT2D eigenvalue weighted by Crippen LogP contribution is -2.39. The van der Waals surface area contributed by atoms with E-state index >= 15 is 0 Å². The highest BCUT2D eigenvalue weighted by Gasteiger charge is 2.15. The summed E-state index contributed by atoms with van der Waals surface area (Å²) in [7, 11) is 2.01. The number of benzene rings is 2. The number of nitrogens with zero attached hydrogens (tertiary/aromatic N) is 3.